The molecule has 2 rings (SSSR count). The maximum Gasteiger partial charge on any atom is 0.353 e. The molecular weight excluding hydrogens is 260 g/mol. The molecule has 1 saturated heterocycles. The lowest BCUT2D eigenvalue weighted by Gasteiger charge is -2.35. The fourth-order valence-electron chi connectivity index (χ4n) is 2.80. The van der Waals surface area contributed by atoms with E-state index in [1.807, 2.05) is 4.90 Å². The van der Waals surface area contributed by atoms with Gasteiger partial charge < -0.3 is 16.0 Å². The van der Waals surface area contributed by atoms with Crippen molar-refractivity contribution >= 4 is 23.3 Å². The van der Waals surface area contributed by atoms with E-state index in [4.69, 9.17) is 5.73 Å². The molecule has 110 valence electrons. The Morgan fingerprint density at radius 2 is 1.95 bits per heavy atom. The van der Waals surface area contributed by atoms with Gasteiger partial charge in [0, 0.05) is 20.1 Å². The fraction of sp³-hybridized carbons (Fsp3) is 0.667. The van der Waals surface area contributed by atoms with Crippen molar-refractivity contribution < 1.29 is 4.92 Å². The lowest BCUT2D eigenvalue weighted by Crippen LogP contribution is -2.39. The van der Waals surface area contributed by atoms with Gasteiger partial charge in [0.1, 0.15) is 0 Å². The summed E-state index contributed by atoms with van der Waals surface area (Å²) in [7, 11) is 1.66. The topological polar surface area (TPSA) is 110 Å². The number of nitro groups is 1. The molecule has 0 aromatic carbocycles. The fourth-order valence-corrected chi connectivity index (χ4v) is 2.80. The Hall–Kier alpha value is -2.12. The molecule has 1 aromatic heterocycles. The Kier molecular flexibility index (Phi) is 3.91. The van der Waals surface area contributed by atoms with Crippen LogP contribution in [-0.2, 0) is 0 Å². The maximum atomic E-state index is 11.2. The van der Waals surface area contributed by atoms with Gasteiger partial charge >= 0.3 is 5.69 Å². The number of piperidine rings is 1. The van der Waals surface area contributed by atoms with Crippen LogP contribution in [0.25, 0.3) is 0 Å². The number of nitrogens with zero attached hydrogens (tertiary/aromatic N) is 4. The van der Waals surface area contributed by atoms with Crippen molar-refractivity contribution in [2.45, 2.75) is 20.3 Å². The van der Waals surface area contributed by atoms with E-state index in [9.17, 15) is 10.1 Å². The summed E-state index contributed by atoms with van der Waals surface area (Å²) in [5.41, 5.74) is 5.51. The smallest absolute Gasteiger partial charge is 0.353 e. The van der Waals surface area contributed by atoms with Crippen LogP contribution in [0, 0.1) is 22.0 Å². The molecule has 0 unspecified atom stereocenters. The molecule has 0 bridgehead atoms. The highest BCUT2D eigenvalue weighted by Crippen LogP contribution is 2.35. The van der Waals surface area contributed by atoms with E-state index < -0.39 is 4.92 Å². The van der Waals surface area contributed by atoms with Crippen LogP contribution in [0.2, 0.25) is 0 Å². The largest absolute Gasteiger partial charge is 0.378 e. The Labute approximate surface area is 117 Å². The number of nitrogen functional groups attached to an aromatic ring is 1. The maximum absolute atomic E-state index is 11.2. The van der Waals surface area contributed by atoms with Gasteiger partial charge in [-0.05, 0) is 18.3 Å². The third-order valence-electron chi connectivity index (χ3n) is 3.47. The van der Waals surface area contributed by atoms with Crippen molar-refractivity contribution in [3.8, 4) is 0 Å². The predicted molar refractivity (Wildman–Crippen MR) is 77.8 cm³/mol. The zero-order chi connectivity index (χ0) is 14.9. The van der Waals surface area contributed by atoms with Crippen LogP contribution in [0.5, 0.6) is 0 Å². The van der Waals surface area contributed by atoms with Crippen molar-refractivity contribution in [2.75, 3.05) is 36.1 Å². The van der Waals surface area contributed by atoms with Gasteiger partial charge in [0.05, 0.1) is 4.92 Å². The first-order valence-electron chi connectivity index (χ1n) is 6.67. The molecule has 1 aromatic rings. The first-order valence-corrected chi connectivity index (χ1v) is 6.67. The molecule has 0 spiro atoms. The van der Waals surface area contributed by atoms with Crippen LogP contribution in [-0.4, -0.2) is 35.0 Å². The minimum atomic E-state index is -0.506. The number of hydrogen-bond acceptors (Lipinski definition) is 7. The molecule has 0 amide bonds. The summed E-state index contributed by atoms with van der Waals surface area (Å²) in [6.45, 7) is 5.76. The summed E-state index contributed by atoms with van der Waals surface area (Å²) >= 11 is 0. The summed E-state index contributed by atoms with van der Waals surface area (Å²) < 4.78 is 0. The minimum Gasteiger partial charge on any atom is -0.378 e. The molecule has 8 nitrogen and oxygen atoms in total. The van der Waals surface area contributed by atoms with E-state index in [0.717, 1.165) is 19.5 Å². The average Bonchev–Trinajstić information content (AvgIpc) is 2.35. The van der Waals surface area contributed by atoms with Crippen LogP contribution in [0.1, 0.15) is 20.3 Å². The molecule has 0 saturated carbocycles. The normalized spacial score (nSPS) is 22.6. The van der Waals surface area contributed by atoms with E-state index >= 15 is 0 Å². The van der Waals surface area contributed by atoms with Gasteiger partial charge in [-0.2, -0.15) is 9.97 Å². The standard InChI is InChI=1S/C12H20N6O2/c1-7-4-8(2)6-17(5-7)11-9(18(19)20)10(13)15-12(14-3)16-11/h7-8H,4-6H2,1-3H3,(H3,13,14,15,16)/t7-,8-/m1/s1. The Morgan fingerprint density at radius 1 is 1.35 bits per heavy atom. The van der Waals surface area contributed by atoms with Crippen molar-refractivity contribution in [3.63, 3.8) is 0 Å². The van der Waals surface area contributed by atoms with Gasteiger partial charge in [0.15, 0.2) is 0 Å². The van der Waals surface area contributed by atoms with Crippen molar-refractivity contribution in [1.82, 2.24) is 9.97 Å². The number of rotatable bonds is 3. The summed E-state index contributed by atoms with van der Waals surface area (Å²) in [5, 5.41) is 14.0. The number of nitrogens with two attached hydrogens (primary N) is 1. The molecule has 20 heavy (non-hydrogen) atoms. The molecule has 1 aliphatic rings. The van der Waals surface area contributed by atoms with Crippen molar-refractivity contribution in [3.05, 3.63) is 10.1 Å². The molecule has 0 aliphatic carbocycles. The second-order valence-electron chi connectivity index (χ2n) is 5.46. The van der Waals surface area contributed by atoms with Crippen molar-refractivity contribution in [2.24, 2.45) is 11.8 Å². The second kappa shape index (κ2) is 5.48. The Balaban J connectivity index is 2.47. The highest BCUT2D eigenvalue weighted by atomic mass is 16.6. The van der Waals surface area contributed by atoms with Gasteiger partial charge in [-0.25, -0.2) is 0 Å². The van der Waals surface area contributed by atoms with E-state index in [0.29, 0.717) is 23.6 Å². The van der Waals surface area contributed by atoms with Crippen LogP contribution in [0.15, 0.2) is 0 Å². The van der Waals surface area contributed by atoms with Crippen LogP contribution in [0.4, 0.5) is 23.3 Å². The number of aromatic nitrogens is 2. The summed E-state index contributed by atoms with van der Waals surface area (Å²) in [6.07, 6.45) is 1.11. The first kappa shape index (κ1) is 14.3. The summed E-state index contributed by atoms with van der Waals surface area (Å²) in [6, 6.07) is 0. The monoisotopic (exact) mass is 280 g/mol. The van der Waals surface area contributed by atoms with Crippen LogP contribution >= 0.6 is 0 Å². The zero-order valence-corrected chi connectivity index (χ0v) is 12.0. The van der Waals surface area contributed by atoms with E-state index in [1.54, 1.807) is 7.05 Å². The molecular formula is C12H20N6O2. The lowest BCUT2D eigenvalue weighted by atomic mass is 9.92. The molecule has 0 radical (unpaired) electrons. The highest BCUT2D eigenvalue weighted by Gasteiger charge is 2.31. The number of nitrogens with one attached hydrogen (secondary N) is 1. The third-order valence-corrected chi connectivity index (χ3v) is 3.47. The average molecular weight is 280 g/mol. The van der Waals surface area contributed by atoms with E-state index in [2.05, 4.69) is 29.1 Å². The molecule has 1 aliphatic heterocycles. The molecule has 2 atom stereocenters. The zero-order valence-electron chi connectivity index (χ0n) is 12.0. The first-order chi connectivity index (χ1) is 9.42. The SMILES string of the molecule is CNc1nc(N)c([N+](=O)[O-])c(N2C[C@H](C)C[C@@H](C)C2)n1. The number of anilines is 3. The Bertz CT molecular complexity index is 511. The highest BCUT2D eigenvalue weighted by molar-refractivity contribution is 5.71. The summed E-state index contributed by atoms with van der Waals surface area (Å²) in [5.74, 6) is 1.44. The second-order valence-corrected chi connectivity index (χ2v) is 5.46. The molecule has 2 heterocycles. The Morgan fingerprint density at radius 3 is 2.45 bits per heavy atom. The van der Waals surface area contributed by atoms with Gasteiger partial charge in [-0.1, -0.05) is 13.8 Å². The van der Waals surface area contributed by atoms with E-state index in [1.165, 1.54) is 0 Å². The van der Waals surface area contributed by atoms with Crippen LogP contribution in [0.3, 0.4) is 0 Å². The van der Waals surface area contributed by atoms with Crippen LogP contribution < -0.4 is 16.0 Å². The summed E-state index contributed by atoms with van der Waals surface area (Å²) in [4.78, 5) is 20.8. The molecule has 3 N–H and O–H groups in total. The van der Waals surface area contributed by atoms with Gasteiger partial charge in [-0.15, -0.1) is 0 Å². The minimum absolute atomic E-state index is 0.102. The van der Waals surface area contributed by atoms with Crippen molar-refractivity contribution in [1.29, 1.82) is 0 Å². The van der Waals surface area contributed by atoms with Gasteiger partial charge in [0.25, 0.3) is 0 Å². The third kappa shape index (κ3) is 2.73. The lowest BCUT2D eigenvalue weighted by molar-refractivity contribution is -0.383. The van der Waals surface area contributed by atoms with E-state index in [-0.39, 0.29) is 11.5 Å². The quantitative estimate of drug-likeness (QED) is 0.637. The van der Waals surface area contributed by atoms with Gasteiger partial charge in [0.2, 0.25) is 17.6 Å². The predicted octanol–water partition coefficient (Wildman–Crippen LogP) is 1.49. The molecule has 1 fully saturated rings. The number of hydrogen-bond donors (Lipinski definition) is 2. The van der Waals surface area contributed by atoms with Gasteiger partial charge in [-0.3, -0.25) is 10.1 Å². The molecule has 8 heteroatoms.